The quantitative estimate of drug-likeness (QED) is 0.574. The summed E-state index contributed by atoms with van der Waals surface area (Å²) in [7, 11) is 2.63. The molecule has 0 fully saturated rings. The maximum atomic E-state index is 12.4. The molecule has 1 aliphatic heterocycles. The summed E-state index contributed by atoms with van der Waals surface area (Å²) in [6.45, 7) is 9.19. The standard InChI is InChI=1S/C20H25NO5.C7H8O/c1-10-7-14(8-11(2)18(10)22)9-15-16(19(23)25-5)12(3)21-13(4)17(15)20(24)26-6;1-6-2-4-7(8)5-3-6/h7-8,15,21-22H,9H2,1-6H3;2-5,8H,1H3. The van der Waals surface area contributed by atoms with E-state index in [9.17, 15) is 14.7 Å². The first-order chi connectivity index (χ1) is 16.0. The van der Waals surface area contributed by atoms with Crippen molar-refractivity contribution in [1.29, 1.82) is 0 Å². The third kappa shape index (κ3) is 6.19. The van der Waals surface area contributed by atoms with Gasteiger partial charge in [0, 0.05) is 17.3 Å². The van der Waals surface area contributed by atoms with Gasteiger partial charge in [-0.15, -0.1) is 0 Å². The van der Waals surface area contributed by atoms with Crippen molar-refractivity contribution in [2.45, 2.75) is 41.0 Å². The van der Waals surface area contributed by atoms with Gasteiger partial charge in [-0.25, -0.2) is 9.59 Å². The molecule has 1 aliphatic rings. The average molecular weight is 468 g/mol. The van der Waals surface area contributed by atoms with Crippen LogP contribution in [-0.4, -0.2) is 36.4 Å². The Labute approximate surface area is 200 Å². The number of allylic oxidation sites excluding steroid dienone is 2. The zero-order valence-electron chi connectivity index (χ0n) is 20.8. The van der Waals surface area contributed by atoms with E-state index in [-0.39, 0.29) is 5.75 Å². The lowest BCUT2D eigenvalue weighted by Crippen LogP contribution is -2.34. The molecule has 0 saturated carbocycles. The van der Waals surface area contributed by atoms with Crippen molar-refractivity contribution in [1.82, 2.24) is 5.32 Å². The summed E-state index contributed by atoms with van der Waals surface area (Å²) < 4.78 is 9.88. The second-order valence-electron chi connectivity index (χ2n) is 8.36. The molecule has 0 atom stereocenters. The fraction of sp³-hybridized carbons (Fsp3) is 0.333. The van der Waals surface area contributed by atoms with Gasteiger partial charge in [0.2, 0.25) is 0 Å². The molecular weight excluding hydrogens is 434 g/mol. The Hall–Kier alpha value is -3.74. The van der Waals surface area contributed by atoms with Crippen molar-refractivity contribution in [2.24, 2.45) is 5.92 Å². The highest BCUT2D eigenvalue weighted by Crippen LogP contribution is 2.35. The number of esters is 2. The molecule has 0 amide bonds. The van der Waals surface area contributed by atoms with E-state index in [4.69, 9.17) is 14.6 Å². The van der Waals surface area contributed by atoms with E-state index >= 15 is 0 Å². The maximum absolute atomic E-state index is 12.4. The highest BCUT2D eigenvalue weighted by molar-refractivity contribution is 5.97. The van der Waals surface area contributed by atoms with Gasteiger partial charge in [-0.2, -0.15) is 0 Å². The van der Waals surface area contributed by atoms with Crippen LogP contribution in [0.4, 0.5) is 0 Å². The molecule has 34 heavy (non-hydrogen) atoms. The minimum atomic E-state index is -0.500. The monoisotopic (exact) mass is 467 g/mol. The number of phenols is 2. The lowest BCUT2D eigenvalue weighted by molar-refractivity contribution is -0.137. The number of methoxy groups -OCH3 is 2. The molecule has 7 nitrogen and oxygen atoms in total. The molecule has 2 aromatic rings. The number of benzene rings is 2. The number of phenolic OH excluding ortho intramolecular Hbond substituents is 2. The van der Waals surface area contributed by atoms with Gasteiger partial charge in [-0.3, -0.25) is 0 Å². The Bertz CT molecular complexity index is 1050. The largest absolute Gasteiger partial charge is 0.508 e. The molecular formula is C27H33NO6. The van der Waals surface area contributed by atoms with Crippen LogP contribution in [-0.2, 0) is 25.5 Å². The van der Waals surface area contributed by atoms with Gasteiger partial charge in [-0.05, 0) is 69.9 Å². The van der Waals surface area contributed by atoms with Crippen molar-refractivity contribution < 1.29 is 29.3 Å². The van der Waals surface area contributed by atoms with Gasteiger partial charge in [-0.1, -0.05) is 29.8 Å². The van der Waals surface area contributed by atoms with Gasteiger partial charge < -0.3 is 25.0 Å². The van der Waals surface area contributed by atoms with E-state index in [1.165, 1.54) is 19.8 Å². The Morgan fingerprint density at radius 3 is 1.65 bits per heavy atom. The number of carbonyl (C=O) groups is 2. The molecule has 1 heterocycles. The first-order valence-electron chi connectivity index (χ1n) is 10.9. The SMILES string of the molecule is COC(=O)C1=C(C)NC(C)=C(C(=O)OC)C1Cc1cc(C)c(O)c(C)c1.Cc1ccc(O)cc1. The fourth-order valence-electron chi connectivity index (χ4n) is 4.04. The predicted molar refractivity (Wildman–Crippen MR) is 130 cm³/mol. The highest BCUT2D eigenvalue weighted by Gasteiger charge is 2.36. The fourth-order valence-corrected chi connectivity index (χ4v) is 4.04. The Kier molecular flexibility index (Phi) is 8.90. The number of dihydropyridines is 1. The van der Waals surface area contributed by atoms with E-state index < -0.39 is 17.9 Å². The summed E-state index contributed by atoms with van der Waals surface area (Å²) in [5, 5.41) is 21.8. The minimum Gasteiger partial charge on any atom is -0.508 e. The second kappa shape index (κ2) is 11.4. The zero-order chi connectivity index (χ0) is 25.6. The number of rotatable bonds is 4. The minimum absolute atomic E-state index is 0.249. The van der Waals surface area contributed by atoms with Crippen LogP contribution in [0.3, 0.4) is 0 Å². The van der Waals surface area contributed by atoms with Gasteiger partial charge in [0.1, 0.15) is 11.5 Å². The predicted octanol–water partition coefficient (Wildman–Crippen LogP) is 4.37. The molecule has 182 valence electrons. The van der Waals surface area contributed by atoms with Crippen LogP contribution in [0.15, 0.2) is 58.9 Å². The first kappa shape index (κ1) is 26.5. The second-order valence-corrected chi connectivity index (χ2v) is 8.36. The van der Waals surface area contributed by atoms with Crippen LogP contribution in [0.1, 0.15) is 36.1 Å². The molecule has 0 saturated heterocycles. The summed E-state index contributed by atoms with van der Waals surface area (Å²) in [5.41, 5.74) is 5.68. The first-order valence-corrected chi connectivity index (χ1v) is 10.9. The van der Waals surface area contributed by atoms with Crippen molar-refractivity contribution in [2.75, 3.05) is 14.2 Å². The van der Waals surface area contributed by atoms with E-state index in [1.807, 2.05) is 45.0 Å². The summed E-state index contributed by atoms with van der Waals surface area (Å²) in [4.78, 5) is 24.8. The van der Waals surface area contributed by atoms with Gasteiger partial charge in [0.25, 0.3) is 0 Å². The number of aromatic hydroxyl groups is 2. The van der Waals surface area contributed by atoms with Crippen molar-refractivity contribution in [3.8, 4) is 11.5 Å². The molecule has 0 aromatic heterocycles. The topological polar surface area (TPSA) is 105 Å². The maximum Gasteiger partial charge on any atom is 0.336 e. The summed E-state index contributed by atoms with van der Waals surface area (Å²) >= 11 is 0. The lowest BCUT2D eigenvalue weighted by Gasteiger charge is -2.30. The van der Waals surface area contributed by atoms with Crippen LogP contribution < -0.4 is 5.32 Å². The number of hydrogen-bond acceptors (Lipinski definition) is 7. The van der Waals surface area contributed by atoms with E-state index in [0.29, 0.717) is 34.7 Å². The number of aryl methyl sites for hydroxylation is 3. The summed E-state index contributed by atoms with van der Waals surface area (Å²) in [6.07, 6.45) is 0.410. The Balaban J connectivity index is 0.000000430. The van der Waals surface area contributed by atoms with Crippen molar-refractivity contribution >= 4 is 11.9 Å². The van der Waals surface area contributed by atoms with Crippen LogP contribution in [0.2, 0.25) is 0 Å². The third-order valence-corrected chi connectivity index (χ3v) is 5.72. The molecule has 0 radical (unpaired) electrons. The van der Waals surface area contributed by atoms with Gasteiger partial charge >= 0.3 is 11.9 Å². The van der Waals surface area contributed by atoms with Crippen LogP contribution >= 0.6 is 0 Å². The van der Waals surface area contributed by atoms with Crippen LogP contribution in [0.5, 0.6) is 11.5 Å². The Morgan fingerprint density at radius 1 is 0.824 bits per heavy atom. The number of hydrogen-bond donors (Lipinski definition) is 3. The number of ether oxygens (including phenoxy) is 2. The summed E-state index contributed by atoms with van der Waals surface area (Å²) in [6, 6.07) is 10.8. The van der Waals surface area contributed by atoms with E-state index in [1.54, 1.807) is 26.0 Å². The third-order valence-electron chi connectivity index (χ3n) is 5.72. The van der Waals surface area contributed by atoms with E-state index in [0.717, 1.165) is 16.7 Å². The molecule has 3 rings (SSSR count). The van der Waals surface area contributed by atoms with Crippen LogP contribution in [0, 0.1) is 26.7 Å². The normalized spacial score (nSPS) is 13.6. The smallest absolute Gasteiger partial charge is 0.336 e. The van der Waals surface area contributed by atoms with Gasteiger partial charge in [0.15, 0.2) is 0 Å². The molecule has 0 spiro atoms. The molecule has 0 unspecified atom stereocenters. The Morgan fingerprint density at radius 2 is 1.26 bits per heavy atom. The molecule has 0 aliphatic carbocycles. The van der Waals surface area contributed by atoms with E-state index in [2.05, 4.69) is 5.32 Å². The van der Waals surface area contributed by atoms with Crippen molar-refractivity contribution in [3.05, 3.63) is 81.2 Å². The zero-order valence-corrected chi connectivity index (χ0v) is 20.8. The molecule has 3 N–H and O–H groups in total. The van der Waals surface area contributed by atoms with Crippen molar-refractivity contribution in [3.63, 3.8) is 0 Å². The van der Waals surface area contributed by atoms with Crippen LogP contribution in [0.25, 0.3) is 0 Å². The summed E-state index contributed by atoms with van der Waals surface area (Å²) in [5.74, 6) is -0.892. The number of carbonyl (C=O) groups excluding carboxylic acids is 2. The molecule has 7 heteroatoms. The molecule has 2 aromatic carbocycles. The van der Waals surface area contributed by atoms with Gasteiger partial charge in [0.05, 0.1) is 25.4 Å². The number of nitrogens with one attached hydrogen (secondary N) is 1. The lowest BCUT2D eigenvalue weighted by atomic mass is 9.80. The molecule has 0 bridgehead atoms. The average Bonchev–Trinajstić information content (AvgIpc) is 2.79. The highest BCUT2D eigenvalue weighted by atomic mass is 16.5.